The van der Waals surface area contributed by atoms with E-state index in [2.05, 4.69) is 38.0 Å². The van der Waals surface area contributed by atoms with Crippen molar-refractivity contribution in [3.63, 3.8) is 0 Å². The van der Waals surface area contributed by atoms with Crippen LogP contribution in [0.4, 0.5) is 0 Å². The predicted octanol–water partition coefficient (Wildman–Crippen LogP) is 1.73. The first-order chi connectivity index (χ1) is 8.04. The van der Waals surface area contributed by atoms with Gasteiger partial charge in [0.25, 0.3) is 0 Å². The smallest absolute Gasteiger partial charge is 0.0619 e. The molecule has 0 spiro atoms. The minimum Gasteiger partial charge on any atom is -0.379 e. The molecule has 1 saturated heterocycles. The van der Waals surface area contributed by atoms with Gasteiger partial charge in [-0.05, 0) is 38.1 Å². The number of ether oxygens (including phenoxy) is 1. The molecule has 2 fully saturated rings. The van der Waals surface area contributed by atoms with Crippen LogP contribution in [0.3, 0.4) is 0 Å². The van der Waals surface area contributed by atoms with E-state index >= 15 is 0 Å². The molecule has 0 aromatic heterocycles. The van der Waals surface area contributed by atoms with E-state index in [4.69, 9.17) is 4.74 Å². The lowest BCUT2D eigenvalue weighted by molar-refractivity contribution is -0.00943. The summed E-state index contributed by atoms with van der Waals surface area (Å²) in [6.45, 7) is 11.2. The Morgan fingerprint density at radius 2 is 2.18 bits per heavy atom. The third-order valence-corrected chi connectivity index (χ3v) is 4.76. The van der Waals surface area contributed by atoms with E-state index in [1.54, 1.807) is 0 Å². The Morgan fingerprint density at radius 3 is 2.82 bits per heavy atom. The molecule has 100 valence electrons. The van der Waals surface area contributed by atoms with E-state index < -0.39 is 0 Å². The van der Waals surface area contributed by atoms with Crippen LogP contribution in [0.15, 0.2) is 0 Å². The van der Waals surface area contributed by atoms with Gasteiger partial charge >= 0.3 is 0 Å². The van der Waals surface area contributed by atoms with E-state index in [1.165, 1.54) is 19.4 Å². The number of hydrogen-bond donors (Lipinski definition) is 1. The normalized spacial score (nSPS) is 38.5. The SMILES string of the molecule is CNC1C(CN2CCOCC2C)CCC1(C)C. The molecule has 1 aliphatic carbocycles. The molecule has 17 heavy (non-hydrogen) atoms. The minimum atomic E-state index is 0.453. The Labute approximate surface area is 106 Å². The topological polar surface area (TPSA) is 24.5 Å². The monoisotopic (exact) mass is 240 g/mol. The van der Waals surface area contributed by atoms with Crippen LogP contribution in [0.25, 0.3) is 0 Å². The standard InChI is InChI=1S/C14H28N2O/c1-11-10-17-8-7-16(11)9-12-5-6-14(2,3)13(12)15-4/h11-13,15H,5-10H2,1-4H3. The van der Waals surface area contributed by atoms with Crippen LogP contribution in [-0.4, -0.2) is 50.3 Å². The molecule has 3 atom stereocenters. The van der Waals surface area contributed by atoms with E-state index in [1.807, 2.05) is 0 Å². The fourth-order valence-electron chi connectivity index (χ4n) is 3.67. The lowest BCUT2D eigenvalue weighted by atomic mass is 9.84. The van der Waals surface area contributed by atoms with Gasteiger partial charge < -0.3 is 10.1 Å². The van der Waals surface area contributed by atoms with Gasteiger partial charge in [0.15, 0.2) is 0 Å². The van der Waals surface area contributed by atoms with Crippen molar-refractivity contribution in [2.24, 2.45) is 11.3 Å². The second-order valence-electron chi connectivity index (χ2n) is 6.47. The van der Waals surface area contributed by atoms with E-state index in [0.29, 0.717) is 17.5 Å². The maximum absolute atomic E-state index is 5.51. The summed E-state index contributed by atoms with van der Waals surface area (Å²) >= 11 is 0. The Bertz CT molecular complexity index is 255. The van der Waals surface area contributed by atoms with Crippen LogP contribution in [0.2, 0.25) is 0 Å². The first-order valence-corrected chi connectivity index (χ1v) is 7.03. The largest absolute Gasteiger partial charge is 0.379 e. The van der Waals surface area contributed by atoms with Crippen molar-refractivity contribution < 1.29 is 4.74 Å². The fraction of sp³-hybridized carbons (Fsp3) is 1.00. The summed E-state index contributed by atoms with van der Waals surface area (Å²) < 4.78 is 5.51. The minimum absolute atomic E-state index is 0.453. The average molecular weight is 240 g/mol. The van der Waals surface area contributed by atoms with Crippen LogP contribution >= 0.6 is 0 Å². The van der Waals surface area contributed by atoms with Crippen molar-refractivity contribution in [3.8, 4) is 0 Å². The van der Waals surface area contributed by atoms with Gasteiger partial charge in [-0.15, -0.1) is 0 Å². The molecule has 3 unspecified atom stereocenters. The molecule has 1 N–H and O–H groups in total. The Kier molecular flexibility index (Phi) is 4.11. The Hall–Kier alpha value is -0.120. The second kappa shape index (κ2) is 5.25. The van der Waals surface area contributed by atoms with Crippen LogP contribution in [0.5, 0.6) is 0 Å². The second-order valence-corrected chi connectivity index (χ2v) is 6.47. The molecule has 0 bridgehead atoms. The van der Waals surface area contributed by atoms with Crippen molar-refractivity contribution in [2.45, 2.75) is 45.7 Å². The first-order valence-electron chi connectivity index (χ1n) is 7.03. The summed E-state index contributed by atoms with van der Waals surface area (Å²) in [4.78, 5) is 2.61. The molecule has 0 radical (unpaired) electrons. The lowest BCUT2D eigenvalue weighted by Crippen LogP contribution is -2.49. The summed E-state index contributed by atoms with van der Waals surface area (Å²) in [5.74, 6) is 0.801. The third kappa shape index (κ3) is 2.83. The molecule has 1 heterocycles. The maximum atomic E-state index is 5.51. The molecular weight excluding hydrogens is 212 g/mol. The molecule has 2 aliphatic rings. The highest BCUT2D eigenvalue weighted by molar-refractivity contribution is 4.97. The summed E-state index contributed by atoms with van der Waals surface area (Å²) in [6.07, 6.45) is 2.71. The van der Waals surface area contributed by atoms with Crippen molar-refractivity contribution in [3.05, 3.63) is 0 Å². The molecule has 3 nitrogen and oxygen atoms in total. The van der Waals surface area contributed by atoms with Gasteiger partial charge in [-0.25, -0.2) is 0 Å². The van der Waals surface area contributed by atoms with E-state index in [-0.39, 0.29) is 0 Å². The quantitative estimate of drug-likeness (QED) is 0.813. The molecule has 0 aromatic rings. The molecular formula is C14H28N2O. The zero-order valence-corrected chi connectivity index (χ0v) is 11.8. The van der Waals surface area contributed by atoms with Crippen LogP contribution in [0.1, 0.15) is 33.6 Å². The molecule has 0 aromatic carbocycles. The number of rotatable bonds is 3. The van der Waals surface area contributed by atoms with Gasteiger partial charge in [0.05, 0.1) is 13.2 Å². The number of hydrogen-bond acceptors (Lipinski definition) is 3. The summed E-state index contributed by atoms with van der Waals surface area (Å²) in [6, 6.07) is 1.25. The number of morpholine rings is 1. The summed E-state index contributed by atoms with van der Waals surface area (Å²) in [5.41, 5.74) is 0.453. The van der Waals surface area contributed by atoms with Crippen LogP contribution in [0, 0.1) is 11.3 Å². The van der Waals surface area contributed by atoms with Crippen LogP contribution in [-0.2, 0) is 4.74 Å². The summed E-state index contributed by atoms with van der Waals surface area (Å²) in [7, 11) is 2.12. The van der Waals surface area contributed by atoms with Crippen molar-refractivity contribution >= 4 is 0 Å². The number of nitrogens with one attached hydrogen (secondary N) is 1. The Morgan fingerprint density at radius 1 is 1.41 bits per heavy atom. The highest BCUT2D eigenvalue weighted by Gasteiger charge is 2.41. The molecule has 1 aliphatic heterocycles. The molecule has 3 heteroatoms. The van der Waals surface area contributed by atoms with E-state index in [9.17, 15) is 0 Å². The zero-order valence-electron chi connectivity index (χ0n) is 11.8. The van der Waals surface area contributed by atoms with Gasteiger partial charge in [-0.1, -0.05) is 13.8 Å². The van der Waals surface area contributed by atoms with Crippen molar-refractivity contribution in [1.82, 2.24) is 10.2 Å². The van der Waals surface area contributed by atoms with Crippen molar-refractivity contribution in [1.29, 1.82) is 0 Å². The van der Waals surface area contributed by atoms with Gasteiger partial charge in [0, 0.05) is 25.2 Å². The lowest BCUT2D eigenvalue weighted by Gasteiger charge is -2.38. The average Bonchev–Trinajstić information content (AvgIpc) is 2.57. The summed E-state index contributed by atoms with van der Waals surface area (Å²) in [5, 5.41) is 3.55. The molecule has 1 saturated carbocycles. The van der Waals surface area contributed by atoms with Crippen LogP contribution < -0.4 is 5.32 Å². The third-order valence-electron chi connectivity index (χ3n) is 4.76. The zero-order chi connectivity index (χ0) is 12.5. The van der Waals surface area contributed by atoms with Gasteiger partial charge in [-0.2, -0.15) is 0 Å². The molecule has 2 rings (SSSR count). The highest BCUT2D eigenvalue weighted by Crippen LogP contribution is 2.41. The van der Waals surface area contributed by atoms with E-state index in [0.717, 1.165) is 25.7 Å². The maximum Gasteiger partial charge on any atom is 0.0619 e. The predicted molar refractivity (Wildman–Crippen MR) is 71.2 cm³/mol. The highest BCUT2D eigenvalue weighted by atomic mass is 16.5. The number of nitrogens with zero attached hydrogens (tertiary/aromatic N) is 1. The molecule has 0 amide bonds. The Balaban J connectivity index is 1.94. The van der Waals surface area contributed by atoms with Crippen molar-refractivity contribution in [2.75, 3.05) is 33.4 Å². The fourth-order valence-corrected chi connectivity index (χ4v) is 3.67. The van der Waals surface area contributed by atoms with Gasteiger partial charge in [0.2, 0.25) is 0 Å². The first kappa shape index (κ1) is 13.3. The van der Waals surface area contributed by atoms with Gasteiger partial charge in [-0.3, -0.25) is 4.90 Å². The van der Waals surface area contributed by atoms with Gasteiger partial charge in [0.1, 0.15) is 0 Å².